The predicted octanol–water partition coefficient (Wildman–Crippen LogP) is 17.4. The highest BCUT2D eigenvalue weighted by Crippen LogP contribution is 2.28. The molecule has 0 saturated carbocycles. The van der Waals surface area contributed by atoms with Gasteiger partial charge in [-0.15, -0.1) is 0 Å². The predicted molar refractivity (Wildman–Crippen MR) is 405 cm³/mol. The number of carbonyl (C=O) groups is 4. The van der Waals surface area contributed by atoms with Crippen molar-refractivity contribution >= 4 is 109 Å². The number of rotatable bonds is 33. The smallest absolute Gasteiger partial charge is 0.317 e. The molecule has 4 N–H and O–H groups in total. The number of benzene rings is 8. The van der Waals surface area contributed by atoms with Gasteiger partial charge in [0.2, 0.25) is 0 Å². The lowest BCUT2D eigenvalue weighted by Gasteiger charge is -2.24. The fourth-order valence-corrected chi connectivity index (χ4v) is 11.1. The molecule has 4 atom stereocenters. The van der Waals surface area contributed by atoms with E-state index in [1.54, 1.807) is 36.2 Å². The monoisotopic (exact) mass is 1560 g/mol. The number of likely N-dealkylation sites (N-methyl/N-ethyl adjacent to an activating group) is 4. The molecule has 0 saturated heterocycles. The Morgan fingerprint density at radius 3 is 0.970 bits per heavy atom. The van der Waals surface area contributed by atoms with Gasteiger partial charge in [0.05, 0.1) is 63.8 Å². The summed E-state index contributed by atoms with van der Waals surface area (Å²) in [6.45, 7) is 7.77. The molecule has 0 bridgehead atoms. The Balaban J connectivity index is 0.000000243. The SMILES string of the molecule is CN(CC(=O)O)[C@H](CC#N)Cc1ccc(OCc2ccc(Cl)c(Cl)c2)cc1.C[C@H](Cc1ccc(OCc2ccc(Br)c(Cl)c2)cc1)N(C)CC(=O)O.C[C@H](Cc1ccc(OCc2ccc(Cl)c(Cl)c2)cc1)N(C)CC(=O)O.C[C@H](Cc1ccc(OCc2cccc(Cl)c2)cc1)N(C)CC(=O)O. The number of halogens is 7. The zero-order valence-corrected chi connectivity index (χ0v) is 63.3. The molecular formula is C77H84BrCl6N5O12. The van der Waals surface area contributed by atoms with Crippen molar-refractivity contribution in [1.82, 2.24) is 19.6 Å². The van der Waals surface area contributed by atoms with Crippen LogP contribution in [0.3, 0.4) is 0 Å². The number of aliphatic carboxylic acids is 4. The van der Waals surface area contributed by atoms with Crippen LogP contribution in [-0.2, 0) is 71.3 Å². The molecule has 17 nitrogen and oxygen atoms in total. The summed E-state index contributed by atoms with van der Waals surface area (Å²) in [5.74, 6) is -0.298. The first-order valence-electron chi connectivity index (χ1n) is 32.0. The van der Waals surface area contributed by atoms with E-state index in [0.29, 0.717) is 68.7 Å². The Hall–Kier alpha value is -7.61. The van der Waals surface area contributed by atoms with Crippen LogP contribution in [0.2, 0.25) is 30.1 Å². The third kappa shape index (κ3) is 32.5. The molecule has 0 aromatic heterocycles. The first-order chi connectivity index (χ1) is 48.0. The van der Waals surface area contributed by atoms with E-state index in [1.165, 1.54) is 0 Å². The van der Waals surface area contributed by atoms with Gasteiger partial charge in [-0.3, -0.25) is 38.8 Å². The number of carboxylic acids is 4. The number of hydrogen-bond donors (Lipinski definition) is 4. The summed E-state index contributed by atoms with van der Waals surface area (Å²) in [6.07, 6.45) is 3.20. The van der Waals surface area contributed by atoms with Crippen LogP contribution in [0, 0.1) is 11.3 Å². The first-order valence-corrected chi connectivity index (χ1v) is 35.1. The number of ether oxygens (including phenoxy) is 4. The quantitative estimate of drug-likeness (QED) is 0.0300. The summed E-state index contributed by atoms with van der Waals surface area (Å²) in [5.41, 5.74) is 8.32. The van der Waals surface area contributed by atoms with Gasteiger partial charge in [-0.2, -0.15) is 5.26 Å². The van der Waals surface area contributed by atoms with Crippen molar-refractivity contribution in [1.29, 1.82) is 5.26 Å². The summed E-state index contributed by atoms with van der Waals surface area (Å²) in [5, 5.41) is 47.9. The fourth-order valence-electron chi connectivity index (χ4n) is 9.77. The van der Waals surface area contributed by atoms with Crippen LogP contribution in [0.15, 0.2) is 180 Å². The standard InChI is InChI=1S/C20H20Cl2N2O3.C19H21BrClNO3.C19H21Cl2NO3.C19H22ClNO3/c1-24(12-20(25)26)16(8-9-23)10-14-2-5-17(6-3-14)27-13-15-4-7-18(21)19(22)11-15;2*1-13(22(2)11-19(23)24)9-14-3-6-16(7-4-14)25-12-15-5-8-17(20)18(21)10-15;1-14(21(2)12-19(22)23)10-15-6-8-18(9-7-15)24-13-16-4-3-5-17(20)11-16/h2-7,11,16H,8,10,12-13H2,1H3,(H,25,26);2*3-8,10,13H,9,11-12H2,1-2H3,(H,23,24);3-9,11,14H,10,12-13H2,1-2H3,(H,22,23)/t16-;2*13-;14-/m1111/s1. The van der Waals surface area contributed by atoms with E-state index in [0.717, 1.165) is 85.5 Å². The summed E-state index contributed by atoms with van der Waals surface area (Å²) in [7, 11) is 7.17. The van der Waals surface area contributed by atoms with Crippen LogP contribution in [0.25, 0.3) is 0 Å². The Bertz CT molecular complexity index is 3820. The molecule has 538 valence electrons. The van der Waals surface area contributed by atoms with Gasteiger partial charge >= 0.3 is 23.9 Å². The minimum Gasteiger partial charge on any atom is -0.489 e. The Labute approximate surface area is 630 Å². The third-order valence-corrected chi connectivity index (χ3v) is 18.9. The van der Waals surface area contributed by atoms with Crippen molar-refractivity contribution < 1.29 is 58.6 Å². The molecule has 24 heteroatoms. The number of carboxylic acid groups (broad SMARTS) is 4. The second kappa shape index (κ2) is 44.0. The van der Waals surface area contributed by atoms with Gasteiger partial charge in [0.15, 0.2) is 0 Å². The van der Waals surface area contributed by atoms with Gasteiger partial charge in [0, 0.05) is 33.7 Å². The molecule has 0 spiro atoms. The lowest BCUT2D eigenvalue weighted by Crippen LogP contribution is -2.37. The molecule has 0 radical (unpaired) electrons. The molecule has 0 amide bonds. The lowest BCUT2D eigenvalue weighted by atomic mass is 10.0. The van der Waals surface area contributed by atoms with Crippen LogP contribution in [0.5, 0.6) is 23.0 Å². The molecule has 101 heavy (non-hydrogen) atoms. The normalized spacial score (nSPS) is 12.1. The summed E-state index contributed by atoms with van der Waals surface area (Å²) < 4.78 is 23.9. The molecular weight excluding hydrogens is 1480 g/mol. The van der Waals surface area contributed by atoms with Crippen molar-refractivity contribution in [3.8, 4) is 29.1 Å². The van der Waals surface area contributed by atoms with Crippen molar-refractivity contribution in [2.75, 3.05) is 54.4 Å². The van der Waals surface area contributed by atoms with Crippen molar-refractivity contribution in [3.63, 3.8) is 0 Å². The average Bonchev–Trinajstić information content (AvgIpc) is 1.01. The number of nitriles is 1. The first kappa shape index (κ1) is 84.0. The molecule has 0 unspecified atom stereocenters. The highest BCUT2D eigenvalue weighted by Gasteiger charge is 2.19. The summed E-state index contributed by atoms with van der Waals surface area (Å²) in [6, 6.07) is 57.6. The van der Waals surface area contributed by atoms with E-state index in [9.17, 15) is 19.2 Å². The van der Waals surface area contributed by atoms with Gasteiger partial charge in [0.25, 0.3) is 0 Å². The zero-order chi connectivity index (χ0) is 74.1. The fraction of sp³-hybridized carbons (Fsp3) is 0.312. The van der Waals surface area contributed by atoms with Gasteiger partial charge in [-0.05, 0) is 232 Å². The van der Waals surface area contributed by atoms with Crippen LogP contribution in [0.1, 0.15) is 71.7 Å². The molecule has 8 rings (SSSR count). The van der Waals surface area contributed by atoms with Crippen molar-refractivity contribution in [2.45, 2.75) is 103 Å². The molecule has 8 aromatic carbocycles. The van der Waals surface area contributed by atoms with Gasteiger partial charge in [0.1, 0.15) is 49.4 Å². The van der Waals surface area contributed by atoms with E-state index in [4.69, 9.17) is 114 Å². The second-order valence-electron chi connectivity index (χ2n) is 24.2. The maximum atomic E-state index is 10.9. The highest BCUT2D eigenvalue weighted by molar-refractivity contribution is 9.10. The second-order valence-corrected chi connectivity index (χ2v) is 27.5. The largest absolute Gasteiger partial charge is 0.489 e. The van der Waals surface area contributed by atoms with Crippen LogP contribution in [-0.4, -0.2) is 142 Å². The van der Waals surface area contributed by atoms with Crippen molar-refractivity contribution in [2.24, 2.45) is 0 Å². The molecule has 0 aliphatic carbocycles. The minimum absolute atomic E-state index is 0.0337. The van der Waals surface area contributed by atoms with Crippen LogP contribution < -0.4 is 18.9 Å². The van der Waals surface area contributed by atoms with Crippen LogP contribution in [0.4, 0.5) is 0 Å². The molecule has 0 aliphatic rings. The number of hydrogen-bond acceptors (Lipinski definition) is 13. The van der Waals surface area contributed by atoms with E-state index < -0.39 is 23.9 Å². The zero-order valence-electron chi connectivity index (χ0n) is 57.2. The Morgan fingerprint density at radius 1 is 0.386 bits per heavy atom. The van der Waals surface area contributed by atoms with Gasteiger partial charge < -0.3 is 39.4 Å². The summed E-state index contributed by atoms with van der Waals surface area (Å²) in [4.78, 5) is 50.3. The topological polar surface area (TPSA) is 223 Å². The van der Waals surface area contributed by atoms with Crippen LogP contribution >= 0.6 is 85.5 Å². The van der Waals surface area contributed by atoms with Gasteiger partial charge in [-0.1, -0.05) is 148 Å². The maximum absolute atomic E-state index is 10.9. The summed E-state index contributed by atoms with van der Waals surface area (Å²) >= 11 is 39.2. The van der Waals surface area contributed by atoms with E-state index >= 15 is 0 Å². The average molecular weight is 1560 g/mol. The number of nitrogens with zero attached hydrogens (tertiary/aromatic N) is 5. The molecule has 0 fully saturated rings. The Morgan fingerprint density at radius 2 is 0.673 bits per heavy atom. The van der Waals surface area contributed by atoms with E-state index in [2.05, 4.69) is 22.0 Å². The van der Waals surface area contributed by atoms with E-state index in [-0.39, 0.29) is 56.8 Å². The minimum atomic E-state index is -0.911. The van der Waals surface area contributed by atoms with E-state index in [1.807, 2.05) is 208 Å². The maximum Gasteiger partial charge on any atom is 0.317 e. The lowest BCUT2D eigenvalue weighted by molar-refractivity contribution is -0.139. The van der Waals surface area contributed by atoms with Crippen molar-refractivity contribution in [3.05, 3.63) is 255 Å². The molecule has 0 aliphatic heterocycles. The molecule has 0 heterocycles. The third-order valence-electron chi connectivity index (χ3n) is 16.0. The highest BCUT2D eigenvalue weighted by atomic mass is 79.9. The Kier molecular flexibility index (Phi) is 36.6. The molecule has 8 aromatic rings. The van der Waals surface area contributed by atoms with Gasteiger partial charge in [-0.25, -0.2) is 0 Å².